The summed E-state index contributed by atoms with van der Waals surface area (Å²) in [4.78, 5) is 2.34. The number of hydrogen-bond acceptors (Lipinski definition) is 2. The molecule has 0 saturated carbocycles. The van der Waals surface area contributed by atoms with E-state index >= 15 is 0 Å². The van der Waals surface area contributed by atoms with Crippen molar-refractivity contribution < 1.29 is 0 Å². The average molecular weight is 220 g/mol. The van der Waals surface area contributed by atoms with E-state index < -0.39 is 0 Å². The van der Waals surface area contributed by atoms with Crippen molar-refractivity contribution in [1.82, 2.24) is 0 Å². The van der Waals surface area contributed by atoms with Crippen LogP contribution in [0.5, 0.6) is 0 Å². The van der Waals surface area contributed by atoms with E-state index in [1.165, 1.54) is 22.4 Å². The Morgan fingerprint density at radius 2 is 1.69 bits per heavy atom. The molecule has 0 amide bonds. The van der Waals surface area contributed by atoms with E-state index in [1.54, 1.807) is 0 Å². The van der Waals surface area contributed by atoms with Crippen molar-refractivity contribution in [1.29, 1.82) is 0 Å². The summed E-state index contributed by atoms with van der Waals surface area (Å²) in [6.07, 6.45) is 1.03. The minimum atomic E-state index is 0.491. The third-order valence-electron chi connectivity index (χ3n) is 3.23. The molecule has 90 valence electrons. The fourth-order valence-electron chi connectivity index (χ4n) is 2.38. The molecule has 0 aliphatic carbocycles. The molecule has 2 N–H and O–H groups in total. The van der Waals surface area contributed by atoms with Crippen molar-refractivity contribution in [2.75, 3.05) is 18.5 Å². The zero-order chi connectivity index (χ0) is 12.3. The van der Waals surface area contributed by atoms with Gasteiger partial charge in [0.2, 0.25) is 0 Å². The Bertz CT molecular complexity index is 335. The maximum absolute atomic E-state index is 5.62. The van der Waals surface area contributed by atoms with Gasteiger partial charge >= 0.3 is 0 Å². The van der Waals surface area contributed by atoms with Crippen LogP contribution < -0.4 is 10.6 Å². The minimum Gasteiger partial charge on any atom is -0.371 e. The van der Waals surface area contributed by atoms with Gasteiger partial charge in [-0.15, -0.1) is 0 Å². The maximum Gasteiger partial charge on any atom is 0.0425 e. The highest BCUT2D eigenvalue weighted by atomic mass is 15.1. The fraction of sp³-hybridized carbons (Fsp3) is 0.571. The molecule has 0 heterocycles. The fourth-order valence-corrected chi connectivity index (χ4v) is 2.38. The number of anilines is 1. The predicted octanol–water partition coefficient (Wildman–Crippen LogP) is 2.79. The first-order valence-corrected chi connectivity index (χ1v) is 5.98. The van der Waals surface area contributed by atoms with Crippen LogP contribution in [-0.4, -0.2) is 19.6 Å². The van der Waals surface area contributed by atoms with Crippen molar-refractivity contribution in [2.24, 2.45) is 5.73 Å². The van der Waals surface area contributed by atoms with Gasteiger partial charge in [-0.3, -0.25) is 0 Å². The molecule has 1 rings (SSSR count). The molecule has 0 spiro atoms. The second-order valence-electron chi connectivity index (χ2n) is 4.78. The molecular formula is C14H24N2. The van der Waals surface area contributed by atoms with Crippen LogP contribution in [0.2, 0.25) is 0 Å². The lowest BCUT2D eigenvalue weighted by molar-refractivity contribution is 0.633. The average Bonchev–Trinajstić information content (AvgIpc) is 2.16. The van der Waals surface area contributed by atoms with Crippen LogP contribution in [0, 0.1) is 20.8 Å². The van der Waals surface area contributed by atoms with E-state index in [2.05, 4.69) is 51.8 Å². The van der Waals surface area contributed by atoms with Gasteiger partial charge in [-0.1, -0.05) is 17.7 Å². The first kappa shape index (κ1) is 13.0. The molecule has 1 aromatic carbocycles. The topological polar surface area (TPSA) is 29.3 Å². The van der Waals surface area contributed by atoms with Gasteiger partial charge in [-0.05, 0) is 51.8 Å². The molecule has 0 aliphatic rings. The smallest absolute Gasteiger partial charge is 0.0425 e. The molecule has 16 heavy (non-hydrogen) atoms. The van der Waals surface area contributed by atoms with Crippen LogP contribution in [-0.2, 0) is 0 Å². The quantitative estimate of drug-likeness (QED) is 0.845. The van der Waals surface area contributed by atoms with Crippen molar-refractivity contribution in [2.45, 2.75) is 40.2 Å². The van der Waals surface area contributed by atoms with Gasteiger partial charge in [0, 0.05) is 18.8 Å². The van der Waals surface area contributed by atoms with Gasteiger partial charge in [0.25, 0.3) is 0 Å². The molecule has 0 bridgehead atoms. The van der Waals surface area contributed by atoms with Crippen LogP contribution in [0.4, 0.5) is 5.69 Å². The number of benzene rings is 1. The Kier molecular flexibility index (Phi) is 4.36. The van der Waals surface area contributed by atoms with Crippen LogP contribution in [0.15, 0.2) is 12.1 Å². The Hall–Kier alpha value is -1.02. The van der Waals surface area contributed by atoms with E-state index in [1.807, 2.05) is 0 Å². The van der Waals surface area contributed by atoms with E-state index in [0.29, 0.717) is 6.04 Å². The summed E-state index contributed by atoms with van der Waals surface area (Å²) in [7, 11) is 2.16. The van der Waals surface area contributed by atoms with Crippen molar-refractivity contribution in [3.05, 3.63) is 28.8 Å². The SMILES string of the molecule is Cc1cc(C)c(N(C)C(C)CCN)c(C)c1. The van der Waals surface area contributed by atoms with Crippen LogP contribution >= 0.6 is 0 Å². The Morgan fingerprint density at radius 3 is 2.12 bits per heavy atom. The Balaban J connectivity index is 3.03. The summed E-state index contributed by atoms with van der Waals surface area (Å²) >= 11 is 0. The second-order valence-corrected chi connectivity index (χ2v) is 4.78. The van der Waals surface area contributed by atoms with Crippen molar-refractivity contribution in [3.63, 3.8) is 0 Å². The first-order chi connectivity index (χ1) is 7.47. The summed E-state index contributed by atoms with van der Waals surface area (Å²) < 4.78 is 0. The van der Waals surface area contributed by atoms with Crippen LogP contribution in [0.3, 0.4) is 0 Å². The van der Waals surface area contributed by atoms with E-state index in [4.69, 9.17) is 5.73 Å². The van der Waals surface area contributed by atoms with E-state index in [9.17, 15) is 0 Å². The van der Waals surface area contributed by atoms with Gasteiger partial charge < -0.3 is 10.6 Å². The van der Waals surface area contributed by atoms with Crippen LogP contribution in [0.25, 0.3) is 0 Å². The first-order valence-electron chi connectivity index (χ1n) is 5.98. The zero-order valence-corrected chi connectivity index (χ0v) is 11.2. The molecule has 1 aromatic rings. The normalized spacial score (nSPS) is 12.6. The summed E-state index contributed by atoms with van der Waals surface area (Å²) in [5, 5.41) is 0. The third-order valence-corrected chi connectivity index (χ3v) is 3.23. The molecule has 2 nitrogen and oxygen atoms in total. The van der Waals surface area contributed by atoms with Crippen molar-refractivity contribution in [3.8, 4) is 0 Å². The zero-order valence-electron chi connectivity index (χ0n) is 11.2. The molecule has 2 heteroatoms. The molecule has 1 atom stereocenters. The molecular weight excluding hydrogens is 196 g/mol. The van der Waals surface area contributed by atoms with Gasteiger partial charge in [-0.2, -0.15) is 0 Å². The summed E-state index contributed by atoms with van der Waals surface area (Å²) in [5.41, 5.74) is 11.0. The van der Waals surface area contributed by atoms with Gasteiger partial charge in [-0.25, -0.2) is 0 Å². The Labute approximate surface area is 99.5 Å². The second kappa shape index (κ2) is 5.35. The van der Waals surface area contributed by atoms with Gasteiger partial charge in [0.05, 0.1) is 0 Å². The summed E-state index contributed by atoms with van der Waals surface area (Å²) in [6.45, 7) is 9.48. The number of hydrogen-bond donors (Lipinski definition) is 1. The number of aryl methyl sites for hydroxylation is 3. The predicted molar refractivity (Wildman–Crippen MR) is 72.2 cm³/mol. The highest BCUT2D eigenvalue weighted by Crippen LogP contribution is 2.27. The highest BCUT2D eigenvalue weighted by molar-refractivity contribution is 5.60. The largest absolute Gasteiger partial charge is 0.371 e. The standard InChI is InChI=1S/C14H24N2/c1-10-8-11(2)14(12(3)9-10)16(5)13(4)6-7-15/h8-9,13H,6-7,15H2,1-5H3. The summed E-state index contributed by atoms with van der Waals surface area (Å²) in [5.74, 6) is 0. The van der Waals surface area contributed by atoms with Crippen LogP contribution in [0.1, 0.15) is 30.0 Å². The monoisotopic (exact) mass is 220 g/mol. The van der Waals surface area contributed by atoms with E-state index in [-0.39, 0.29) is 0 Å². The number of nitrogens with two attached hydrogens (primary N) is 1. The molecule has 0 radical (unpaired) electrons. The molecule has 1 unspecified atom stereocenters. The lowest BCUT2D eigenvalue weighted by atomic mass is 10.0. The Morgan fingerprint density at radius 1 is 1.19 bits per heavy atom. The lowest BCUT2D eigenvalue weighted by Crippen LogP contribution is -2.31. The maximum atomic E-state index is 5.62. The van der Waals surface area contributed by atoms with Crippen molar-refractivity contribution >= 4 is 5.69 Å². The third kappa shape index (κ3) is 2.76. The lowest BCUT2D eigenvalue weighted by Gasteiger charge is -2.30. The molecule has 0 aliphatic heterocycles. The van der Waals surface area contributed by atoms with Gasteiger partial charge in [0.1, 0.15) is 0 Å². The molecule has 0 aromatic heterocycles. The highest BCUT2D eigenvalue weighted by Gasteiger charge is 2.13. The van der Waals surface area contributed by atoms with Gasteiger partial charge in [0.15, 0.2) is 0 Å². The minimum absolute atomic E-state index is 0.491. The summed E-state index contributed by atoms with van der Waals surface area (Å²) in [6, 6.07) is 4.98. The number of nitrogens with zero attached hydrogens (tertiary/aromatic N) is 1. The molecule has 0 fully saturated rings. The molecule has 0 saturated heterocycles. The number of rotatable bonds is 4. The van der Waals surface area contributed by atoms with E-state index in [0.717, 1.165) is 13.0 Å².